The van der Waals surface area contributed by atoms with Crippen LogP contribution in [0.15, 0.2) is 66.7 Å². The number of rotatable bonds is 6. The van der Waals surface area contributed by atoms with Gasteiger partial charge in [0.05, 0.1) is 0 Å². The van der Waals surface area contributed by atoms with Crippen molar-refractivity contribution in [3.05, 3.63) is 77.9 Å². The molecule has 0 saturated heterocycles. The van der Waals surface area contributed by atoms with Crippen LogP contribution in [0.2, 0.25) is 0 Å². The Hall–Kier alpha value is -2.28. The Bertz CT molecular complexity index is 863. The second kappa shape index (κ2) is 8.17. The van der Waals surface area contributed by atoms with Crippen molar-refractivity contribution in [2.24, 2.45) is 11.3 Å². The van der Waals surface area contributed by atoms with E-state index in [2.05, 4.69) is 101 Å². The van der Waals surface area contributed by atoms with Crippen molar-refractivity contribution in [3.8, 4) is 5.75 Å². The summed E-state index contributed by atoms with van der Waals surface area (Å²) in [6.45, 7) is 12.2. The van der Waals surface area contributed by atoms with E-state index in [4.69, 9.17) is 4.74 Å². The Labute approximate surface area is 164 Å². The monoisotopic (exact) mass is 360 g/mol. The van der Waals surface area contributed by atoms with Crippen molar-refractivity contribution < 1.29 is 4.74 Å². The van der Waals surface area contributed by atoms with Gasteiger partial charge in [0.1, 0.15) is 12.4 Å². The molecule has 1 heteroatoms. The smallest absolute Gasteiger partial charge is 0.119 e. The molecule has 0 bridgehead atoms. The molecule has 0 N–H and O–H groups in total. The van der Waals surface area contributed by atoms with Gasteiger partial charge in [-0.2, -0.15) is 0 Å². The highest BCUT2D eigenvalue weighted by atomic mass is 16.5. The van der Waals surface area contributed by atoms with Crippen molar-refractivity contribution in [1.29, 1.82) is 0 Å². The van der Waals surface area contributed by atoms with Gasteiger partial charge in [-0.05, 0) is 57.7 Å². The molecule has 3 rings (SSSR count). The highest BCUT2D eigenvalue weighted by Gasteiger charge is 2.22. The molecule has 0 amide bonds. The van der Waals surface area contributed by atoms with Gasteiger partial charge >= 0.3 is 0 Å². The lowest BCUT2D eigenvalue weighted by atomic mass is 9.76. The molecule has 0 spiro atoms. The van der Waals surface area contributed by atoms with E-state index in [0.717, 1.165) is 5.75 Å². The van der Waals surface area contributed by atoms with Crippen LogP contribution in [0.25, 0.3) is 10.8 Å². The fourth-order valence-electron chi connectivity index (χ4n) is 3.79. The first kappa shape index (κ1) is 19.5. The minimum atomic E-state index is 0.332. The van der Waals surface area contributed by atoms with Gasteiger partial charge in [-0.3, -0.25) is 0 Å². The lowest BCUT2D eigenvalue weighted by Crippen LogP contribution is -2.16. The van der Waals surface area contributed by atoms with Gasteiger partial charge in [0.15, 0.2) is 0 Å². The molecule has 0 saturated carbocycles. The largest absolute Gasteiger partial charge is 0.489 e. The van der Waals surface area contributed by atoms with Gasteiger partial charge in [-0.25, -0.2) is 0 Å². The third-order valence-electron chi connectivity index (χ3n) is 5.22. The molecule has 0 aromatic heterocycles. The van der Waals surface area contributed by atoms with E-state index < -0.39 is 0 Å². The second-order valence-electron chi connectivity index (χ2n) is 9.11. The van der Waals surface area contributed by atoms with Crippen LogP contribution in [0.3, 0.4) is 0 Å². The molecule has 0 heterocycles. The Morgan fingerprint density at radius 3 is 2.15 bits per heavy atom. The first-order valence-electron chi connectivity index (χ1n) is 10.0. The van der Waals surface area contributed by atoms with Crippen molar-refractivity contribution in [2.75, 3.05) is 0 Å². The minimum Gasteiger partial charge on any atom is -0.489 e. The number of fused-ring (bicyclic) bond motifs is 1. The summed E-state index contributed by atoms with van der Waals surface area (Å²) in [5.74, 6) is 2.15. The number of hydrogen-bond donors (Lipinski definition) is 0. The lowest BCUT2D eigenvalue weighted by molar-refractivity contribution is 0.298. The summed E-state index contributed by atoms with van der Waals surface area (Å²) in [6.07, 6.45) is 1.20. The molecule has 1 nitrogen and oxygen atoms in total. The number of ether oxygens (including phenoxy) is 1. The summed E-state index contributed by atoms with van der Waals surface area (Å²) in [4.78, 5) is 0. The topological polar surface area (TPSA) is 9.23 Å². The maximum Gasteiger partial charge on any atom is 0.119 e. The van der Waals surface area contributed by atoms with Gasteiger partial charge in [0, 0.05) is 0 Å². The Kier molecular flexibility index (Phi) is 5.89. The standard InChI is InChI=1S/C26H32O/c1-19(2)25(17-26(3,4)5)21-13-15-23(16-14-21)27-18-22-11-8-10-20-9-6-7-12-24(20)22/h6-16,19,25H,17-18H2,1-5H3. The molecule has 0 radical (unpaired) electrons. The second-order valence-corrected chi connectivity index (χ2v) is 9.11. The van der Waals surface area contributed by atoms with Crippen LogP contribution >= 0.6 is 0 Å². The van der Waals surface area contributed by atoms with E-state index in [1.807, 2.05) is 0 Å². The van der Waals surface area contributed by atoms with Crippen molar-refractivity contribution in [3.63, 3.8) is 0 Å². The van der Waals surface area contributed by atoms with Crippen LogP contribution in [0.1, 0.15) is 58.1 Å². The van der Waals surface area contributed by atoms with Crippen molar-refractivity contribution in [1.82, 2.24) is 0 Å². The molecular weight excluding hydrogens is 328 g/mol. The average Bonchev–Trinajstić information content (AvgIpc) is 2.64. The summed E-state index contributed by atoms with van der Waals surface area (Å²) in [7, 11) is 0. The Morgan fingerprint density at radius 2 is 1.48 bits per heavy atom. The van der Waals surface area contributed by atoms with Gasteiger partial charge < -0.3 is 4.74 Å². The first-order valence-corrected chi connectivity index (χ1v) is 10.0. The zero-order valence-corrected chi connectivity index (χ0v) is 17.3. The van der Waals surface area contributed by atoms with Gasteiger partial charge in [0.25, 0.3) is 0 Å². The molecule has 3 aromatic rings. The maximum absolute atomic E-state index is 6.10. The minimum absolute atomic E-state index is 0.332. The quantitative estimate of drug-likeness (QED) is 0.440. The summed E-state index contributed by atoms with van der Waals surface area (Å²) in [5, 5.41) is 2.53. The number of hydrogen-bond acceptors (Lipinski definition) is 1. The van der Waals surface area contributed by atoms with E-state index in [9.17, 15) is 0 Å². The average molecular weight is 361 g/mol. The molecule has 0 aliphatic heterocycles. The predicted octanol–water partition coefficient (Wildman–Crippen LogP) is 7.59. The highest BCUT2D eigenvalue weighted by molar-refractivity contribution is 5.85. The summed E-state index contributed by atoms with van der Waals surface area (Å²) < 4.78 is 6.10. The van der Waals surface area contributed by atoms with Crippen LogP contribution in [0, 0.1) is 11.3 Å². The van der Waals surface area contributed by atoms with E-state index in [1.54, 1.807) is 0 Å². The maximum atomic E-state index is 6.10. The van der Waals surface area contributed by atoms with E-state index in [1.165, 1.54) is 28.3 Å². The molecule has 142 valence electrons. The third-order valence-corrected chi connectivity index (χ3v) is 5.22. The summed E-state index contributed by atoms with van der Waals surface area (Å²) in [5.41, 5.74) is 2.97. The number of benzene rings is 3. The zero-order chi connectivity index (χ0) is 19.4. The predicted molar refractivity (Wildman–Crippen MR) is 116 cm³/mol. The molecule has 3 aromatic carbocycles. The SMILES string of the molecule is CC(C)C(CC(C)(C)C)c1ccc(OCc2cccc3ccccc23)cc1. The third kappa shape index (κ3) is 5.13. The molecular formula is C26H32O. The van der Waals surface area contributed by atoms with Gasteiger partial charge in [-0.15, -0.1) is 0 Å². The van der Waals surface area contributed by atoms with Crippen LogP contribution in [-0.2, 0) is 6.61 Å². The van der Waals surface area contributed by atoms with E-state index in [-0.39, 0.29) is 0 Å². The van der Waals surface area contributed by atoms with Crippen LogP contribution < -0.4 is 4.74 Å². The van der Waals surface area contributed by atoms with E-state index >= 15 is 0 Å². The molecule has 0 fully saturated rings. The zero-order valence-electron chi connectivity index (χ0n) is 17.3. The first-order chi connectivity index (χ1) is 12.8. The van der Waals surface area contributed by atoms with Crippen LogP contribution in [0.5, 0.6) is 5.75 Å². The summed E-state index contributed by atoms with van der Waals surface area (Å²) in [6, 6.07) is 23.6. The van der Waals surface area contributed by atoms with Gasteiger partial charge in [-0.1, -0.05) is 89.2 Å². The fourth-order valence-corrected chi connectivity index (χ4v) is 3.79. The van der Waals surface area contributed by atoms with Gasteiger partial charge in [0.2, 0.25) is 0 Å². The highest BCUT2D eigenvalue weighted by Crippen LogP contribution is 2.36. The lowest BCUT2D eigenvalue weighted by Gasteiger charge is -2.29. The fraction of sp³-hybridized carbons (Fsp3) is 0.385. The van der Waals surface area contributed by atoms with Crippen molar-refractivity contribution >= 4 is 10.8 Å². The summed E-state index contributed by atoms with van der Waals surface area (Å²) >= 11 is 0. The molecule has 0 aliphatic rings. The molecule has 0 aliphatic carbocycles. The normalized spacial score (nSPS) is 13.1. The van der Waals surface area contributed by atoms with Crippen LogP contribution in [-0.4, -0.2) is 0 Å². The molecule has 1 atom stereocenters. The Morgan fingerprint density at radius 1 is 0.815 bits per heavy atom. The van der Waals surface area contributed by atoms with Crippen LogP contribution in [0.4, 0.5) is 0 Å². The molecule has 1 unspecified atom stereocenters. The van der Waals surface area contributed by atoms with E-state index in [0.29, 0.717) is 23.9 Å². The Balaban J connectivity index is 1.72. The van der Waals surface area contributed by atoms with Crippen molar-refractivity contribution in [2.45, 2.75) is 53.6 Å². The molecule has 27 heavy (non-hydrogen) atoms.